The molecule has 1 amide bonds. The number of nitrogens with one attached hydrogen (secondary N) is 1. The van der Waals surface area contributed by atoms with E-state index >= 15 is 0 Å². The van der Waals surface area contributed by atoms with Gasteiger partial charge in [0.15, 0.2) is 11.4 Å². The zero-order chi connectivity index (χ0) is 18.1. The standard InChI is InChI=1S/C20H18N4O2/c1-24(2)17(25)11-13-7-9-14(10-8-13)23-20-19-18(21-12-22-20)15-5-3-4-6-16(15)26-19/h3-10,12H,11H2,1-2H3,(H,21,22,23). The molecule has 6 nitrogen and oxygen atoms in total. The van der Waals surface area contributed by atoms with E-state index in [9.17, 15) is 4.79 Å². The lowest BCUT2D eigenvalue weighted by molar-refractivity contribution is -0.127. The summed E-state index contributed by atoms with van der Waals surface area (Å²) in [5.41, 5.74) is 4.02. The van der Waals surface area contributed by atoms with Gasteiger partial charge in [-0.3, -0.25) is 4.79 Å². The van der Waals surface area contributed by atoms with E-state index in [2.05, 4.69) is 15.3 Å². The molecule has 0 fully saturated rings. The molecule has 0 radical (unpaired) electrons. The second-order valence-corrected chi connectivity index (χ2v) is 6.29. The van der Waals surface area contributed by atoms with Gasteiger partial charge in [-0.15, -0.1) is 0 Å². The third-order valence-corrected chi connectivity index (χ3v) is 4.23. The summed E-state index contributed by atoms with van der Waals surface area (Å²) < 4.78 is 5.92. The highest BCUT2D eigenvalue weighted by molar-refractivity contribution is 6.05. The molecule has 0 spiro atoms. The highest BCUT2D eigenvalue weighted by atomic mass is 16.3. The van der Waals surface area contributed by atoms with Crippen molar-refractivity contribution in [2.45, 2.75) is 6.42 Å². The van der Waals surface area contributed by atoms with Crippen molar-refractivity contribution in [3.8, 4) is 0 Å². The second kappa shape index (κ2) is 6.48. The van der Waals surface area contributed by atoms with Gasteiger partial charge in [-0.2, -0.15) is 0 Å². The van der Waals surface area contributed by atoms with Crippen molar-refractivity contribution in [3.05, 3.63) is 60.4 Å². The topological polar surface area (TPSA) is 71.3 Å². The lowest BCUT2D eigenvalue weighted by atomic mass is 10.1. The molecule has 0 aliphatic rings. The Hall–Kier alpha value is -3.41. The first-order chi connectivity index (χ1) is 12.6. The molecule has 6 heteroatoms. The van der Waals surface area contributed by atoms with Crippen LogP contribution >= 0.6 is 0 Å². The van der Waals surface area contributed by atoms with E-state index in [4.69, 9.17) is 4.42 Å². The number of nitrogens with zero attached hydrogens (tertiary/aromatic N) is 3. The highest BCUT2D eigenvalue weighted by Gasteiger charge is 2.13. The Balaban J connectivity index is 1.62. The molecule has 1 N–H and O–H groups in total. The van der Waals surface area contributed by atoms with Gasteiger partial charge >= 0.3 is 0 Å². The number of likely N-dealkylation sites (N-methyl/N-ethyl adjacent to an activating group) is 1. The molecule has 0 saturated carbocycles. The number of hydrogen-bond donors (Lipinski definition) is 1. The summed E-state index contributed by atoms with van der Waals surface area (Å²) in [4.78, 5) is 22.1. The molecule has 2 aromatic carbocycles. The molecular formula is C20H18N4O2. The van der Waals surface area contributed by atoms with Gasteiger partial charge in [0.2, 0.25) is 5.91 Å². The molecular weight excluding hydrogens is 328 g/mol. The number of carbonyl (C=O) groups is 1. The first-order valence-electron chi connectivity index (χ1n) is 8.30. The summed E-state index contributed by atoms with van der Waals surface area (Å²) >= 11 is 0. The van der Waals surface area contributed by atoms with Crippen LogP contribution in [0.15, 0.2) is 59.3 Å². The van der Waals surface area contributed by atoms with E-state index in [0.29, 0.717) is 17.8 Å². The maximum absolute atomic E-state index is 11.8. The van der Waals surface area contributed by atoms with Crippen molar-refractivity contribution in [1.82, 2.24) is 14.9 Å². The molecule has 0 unspecified atom stereocenters. The quantitative estimate of drug-likeness (QED) is 0.609. The highest BCUT2D eigenvalue weighted by Crippen LogP contribution is 2.31. The number of hydrogen-bond acceptors (Lipinski definition) is 5. The fourth-order valence-corrected chi connectivity index (χ4v) is 2.79. The Bertz CT molecular complexity index is 1080. The molecule has 0 aliphatic heterocycles. The van der Waals surface area contributed by atoms with Gasteiger partial charge in [-0.25, -0.2) is 9.97 Å². The van der Waals surface area contributed by atoms with Crippen LogP contribution in [0.1, 0.15) is 5.56 Å². The monoisotopic (exact) mass is 346 g/mol. The van der Waals surface area contributed by atoms with Crippen LogP contribution in [0.25, 0.3) is 22.1 Å². The minimum absolute atomic E-state index is 0.0745. The zero-order valence-electron chi connectivity index (χ0n) is 14.6. The number of para-hydroxylation sites is 1. The summed E-state index contributed by atoms with van der Waals surface area (Å²) in [6.45, 7) is 0. The average Bonchev–Trinajstić information content (AvgIpc) is 3.03. The van der Waals surface area contributed by atoms with Crippen molar-refractivity contribution < 1.29 is 9.21 Å². The Labute approximate surface area is 150 Å². The minimum atomic E-state index is 0.0745. The van der Waals surface area contributed by atoms with Gasteiger partial charge in [0.25, 0.3) is 0 Å². The minimum Gasteiger partial charge on any atom is -0.450 e. The zero-order valence-corrected chi connectivity index (χ0v) is 14.6. The number of rotatable bonds is 4. The van der Waals surface area contributed by atoms with Crippen LogP contribution in [0.5, 0.6) is 0 Å². The molecule has 26 heavy (non-hydrogen) atoms. The van der Waals surface area contributed by atoms with Crippen molar-refractivity contribution in [1.29, 1.82) is 0 Å². The molecule has 0 saturated heterocycles. The molecule has 4 aromatic rings. The number of carbonyl (C=O) groups excluding carboxylic acids is 1. The predicted octanol–water partition coefficient (Wildman–Crippen LogP) is 3.75. The number of amides is 1. The van der Waals surface area contributed by atoms with Gasteiger partial charge in [0.1, 0.15) is 17.4 Å². The van der Waals surface area contributed by atoms with Crippen molar-refractivity contribution in [2.75, 3.05) is 19.4 Å². The Morgan fingerprint density at radius 1 is 1.08 bits per heavy atom. The van der Waals surface area contributed by atoms with Crippen LogP contribution in [0.2, 0.25) is 0 Å². The number of anilines is 2. The first-order valence-corrected chi connectivity index (χ1v) is 8.30. The van der Waals surface area contributed by atoms with E-state index in [0.717, 1.165) is 27.7 Å². The SMILES string of the molecule is CN(C)C(=O)Cc1ccc(Nc2ncnc3c2oc2ccccc23)cc1. The first kappa shape index (κ1) is 16.1. The summed E-state index contributed by atoms with van der Waals surface area (Å²) in [5.74, 6) is 0.689. The Morgan fingerprint density at radius 3 is 2.62 bits per heavy atom. The third-order valence-electron chi connectivity index (χ3n) is 4.23. The summed E-state index contributed by atoms with van der Waals surface area (Å²) in [6.07, 6.45) is 1.91. The summed E-state index contributed by atoms with van der Waals surface area (Å²) in [7, 11) is 3.51. The van der Waals surface area contributed by atoms with Gasteiger partial charge in [-0.1, -0.05) is 24.3 Å². The van der Waals surface area contributed by atoms with E-state index in [1.54, 1.807) is 19.0 Å². The van der Waals surface area contributed by atoms with E-state index < -0.39 is 0 Å². The predicted molar refractivity (Wildman–Crippen MR) is 101 cm³/mol. The molecule has 4 rings (SSSR count). The fourth-order valence-electron chi connectivity index (χ4n) is 2.79. The molecule has 0 bridgehead atoms. The number of furan rings is 1. The van der Waals surface area contributed by atoms with E-state index in [1.807, 2.05) is 48.5 Å². The number of benzene rings is 2. The van der Waals surface area contributed by atoms with Crippen LogP contribution in [-0.4, -0.2) is 34.9 Å². The van der Waals surface area contributed by atoms with Crippen molar-refractivity contribution in [3.63, 3.8) is 0 Å². The summed E-state index contributed by atoms with van der Waals surface area (Å²) in [6, 6.07) is 15.5. The van der Waals surface area contributed by atoms with Crippen LogP contribution in [0, 0.1) is 0 Å². The maximum Gasteiger partial charge on any atom is 0.226 e. The normalized spacial score (nSPS) is 11.0. The van der Waals surface area contributed by atoms with Crippen molar-refractivity contribution >= 4 is 39.5 Å². The molecule has 130 valence electrons. The lowest BCUT2D eigenvalue weighted by Gasteiger charge is -2.10. The van der Waals surface area contributed by atoms with E-state index in [1.165, 1.54) is 6.33 Å². The second-order valence-electron chi connectivity index (χ2n) is 6.29. The van der Waals surface area contributed by atoms with Crippen LogP contribution in [0.3, 0.4) is 0 Å². The largest absolute Gasteiger partial charge is 0.450 e. The van der Waals surface area contributed by atoms with Crippen LogP contribution < -0.4 is 5.32 Å². The van der Waals surface area contributed by atoms with E-state index in [-0.39, 0.29) is 5.91 Å². The molecule has 0 aliphatic carbocycles. The summed E-state index contributed by atoms with van der Waals surface area (Å²) in [5, 5.41) is 4.23. The lowest BCUT2D eigenvalue weighted by Crippen LogP contribution is -2.23. The van der Waals surface area contributed by atoms with Crippen LogP contribution in [-0.2, 0) is 11.2 Å². The van der Waals surface area contributed by atoms with Crippen LogP contribution in [0.4, 0.5) is 11.5 Å². The number of aromatic nitrogens is 2. The third kappa shape index (κ3) is 2.97. The molecule has 0 atom stereocenters. The van der Waals surface area contributed by atoms with Gasteiger partial charge in [0.05, 0.1) is 6.42 Å². The Kier molecular flexibility index (Phi) is 4.01. The van der Waals surface area contributed by atoms with Gasteiger partial charge in [0, 0.05) is 25.2 Å². The van der Waals surface area contributed by atoms with Gasteiger partial charge < -0.3 is 14.6 Å². The maximum atomic E-state index is 11.8. The number of fused-ring (bicyclic) bond motifs is 3. The fraction of sp³-hybridized carbons (Fsp3) is 0.150. The van der Waals surface area contributed by atoms with Crippen molar-refractivity contribution in [2.24, 2.45) is 0 Å². The van der Waals surface area contributed by atoms with Gasteiger partial charge in [-0.05, 0) is 29.8 Å². The smallest absolute Gasteiger partial charge is 0.226 e. The Morgan fingerprint density at radius 2 is 1.85 bits per heavy atom. The molecule has 2 heterocycles. The average molecular weight is 346 g/mol. The molecule has 2 aromatic heterocycles.